The highest BCUT2D eigenvalue weighted by molar-refractivity contribution is 7.80. The fourth-order valence-corrected chi connectivity index (χ4v) is 4.05. The van der Waals surface area contributed by atoms with Gasteiger partial charge in [-0.3, -0.25) is 15.1 Å². The van der Waals surface area contributed by atoms with Crippen molar-refractivity contribution in [2.75, 3.05) is 20.3 Å². The smallest absolute Gasteiger partial charge is 0.273 e. The van der Waals surface area contributed by atoms with Crippen molar-refractivity contribution in [2.24, 2.45) is 0 Å². The molecule has 1 fully saturated rings. The zero-order valence-electron chi connectivity index (χ0n) is 16.6. The van der Waals surface area contributed by atoms with Crippen LogP contribution in [0.5, 0.6) is 5.75 Å². The number of benzene rings is 1. The Balaban J connectivity index is 1.73. The molecule has 0 unspecified atom stereocenters. The molecule has 4 rings (SSSR count). The van der Waals surface area contributed by atoms with Gasteiger partial charge in [-0.25, -0.2) is 0 Å². The summed E-state index contributed by atoms with van der Waals surface area (Å²) >= 11 is 5.49. The van der Waals surface area contributed by atoms with Crippen LogP contribution >= 0.6 is 12.2 Å². The Labute approximate surface area is 183 Å². The third-order valence-corrected chi connectivity index (χ3v) is 5.47. The monoisotopic (exact) mass is 440 g/mol. The van der Waals surface area contributed by atoms with E-state index in [0.29, 0.717) is 34.5 Å². The number of nitro groups is 1. The van der Waals surface area contributed by atoms with E-state index in [1.807, 2.05) is 29.2 Å². The Kier molecular flexibility index (Phi) is 5.83. The van der Waals surface area contributed by atoms with Gasteiger partial charge in [-0.05, 0) is 42.5 Å². The summed E-state index contributed by atoms with van der Waals surface area (Å²) in [4.78, 5) is 16.9. The molecule has 160 valence electrons. The number of thiocarbonyl (C=S) groups is 1. The first-order chi connectivity index (χ1) is 15.0. The van der Waals surface area contributed by atoms with Crippen molar-refractivity contribution in [3.63, 3.8) is 0 Å². The minimum absolute atomic E-state index is 0.0675. The number of aliphatic hydroxyl groups is 1. The SMILES string of the molecule is COc1cc([N+](=O)[O-])ccc1-c1ccc([C@H]2[C@H](c3ccccn3)NC(=S)N2CCO)o1. The molecule has 3 heterocycles. The first kappa shape index (κ1) is 20.8. The van der Waals surface area contributed by atoms with Gasteiger partial charge in [0.1, 0.15) is 23.3 Å². The number of nitrogens with zero attached hydrogens (tertiary/aromatic N) is 3. The van der Waals surface area contributed by atoms with Gasteiger partial charge in [0.15, 0.2) is 5.11 Å². The van der Waals surface area contributed by atoms with Crippen molar-refractivity contribution in [3.8, 4) is 17.1 Å². The molecule has 0 amide bonds. The summed E-state index contributed by atoms with van der Waals surface area (Å²) in [6.07, 6.45) is 1.71. The Morgan fingerprint density at radius 1 is 1.32 bits per heavy atom. The van der Waals surface area contributed by atoms with Gasteiger partial charge in [-0.2, -0.15) is 0 Å². The molecule has 9 nitrogen and oxygen atoms in total. The number of non-ortho nitro benzene ring substituents is 1. The molecule has 0 radical (unpaired) electrons. The van der Waals surface area contributed by atoms with Crippen LogP contribution in [-0.2, 0) is 0 Å². The predicted octanol–water partition coefficient (Wildman–Crippen LogP) is 3.22. The molecule has 2 aromatic heterocycles. The highest BCUT2D eigenvalue weighted by Crippen LogP contribution is 2.41. The van der Waals surface area contributed by atoms with Crippen LogP contribution in [0.25, 0.3) is 11.3 Å². The molecule has 0 aliphatic carbocycles. The number of pyridine rings is 1. The van der Waals surface area contributed by atoms with Gasteiger partial charge >= 0.3 is 0 Å². The second kappa shape index (κ2) is 8.70. The Bertz CT molecular complexity index is 1100. The fraction of sp³-hybridized carbons (Fsp3) is 0.238. The quantitative estimate of drug-likeness (QED) is 0.325. The van der Waals surface area contributed by atoms with Crippen molar-refractivity contribution in [2.45, 2.75) is 12.1 Å². The van der Waals surface area contributed by atoms with Crippen molar-refractivity contribution in [3.05, 3.63) is 76.3 Å². The van der Waals surface area contributed by atoms with Crippen molar-refractivity contribution >= 4 is 23.0 Å². The van der Waals surface area contributed by atoms with Gasteiger partial charge < -0.3 is 24.5 Å². The number of aromatic nitrogens is 1. The molecule has 1 aromatic carbocycles. The first-order valence-corrected chi connectivity index (χ1v) is 9.95. The fourth-order valence-electron chi connectivity index (χ4n) is 3.72. The number of furan rings is 1. The average molecular weight is 440 g/mol. The maximum Gasteiger partial charge on any atom is 0.273 e. The number of nitro benzene ring substituents is 1. The molecule has 2 N–H and O–H groups in total. The van der Waals surface area contributed by atoms with E-state index in [1.54, 1.807) is 18.3 Å². The Morgan fingerprint density at radius 2 is 2.16 bits per heavy atom. The van der Waals surface area contributed by atoms with Crippen LogP contribution in [-0.4, -0.2) is 45.3 Å². The predicted molar refractivity (Wildman–Crippen MR) is 117 cm³/mol. The minimum Gasteiger partial charge on any atom is -0.496 e. The van der Waals surface area contributed by atoms with E-state index in [1.165, 1.54) is 19.2 Å². The van der Waals surface area contributed by atoms with E-state index in [0.717, 1.165) is 5.69 Å². The number of methoxy groups -OCH3 is 1. The first-order valence-electron chi connectivity index (χ1n) is 9.55. The zero-order chi connectivity index (χ0) is 22.0. The standard InChI is InChI=1S/C21H20N4O5S/c1-29-18-12-13(25(27)28)5-6-14(18)16-7-8-17(30-16)20-19(15-4-2-3-9-22-15)23-21(31)24(20)10-11-26/h2-9,12,19-20,26H,10-11H2,1H3,(H,23,31)/t19-,20-/m0/s1. The molecular weight excluding hydrogens is 420 g/mol. The van der Waals surface area contributed by atoms with E-state index in [-0.39, 0.29) is 24.4 Å². The van der Waals surface area contributed by atoms with E-state index >= 15 is 0 Å². The molecule has 0 saturated carbocycles. The van der Waals surface area contributed by atoms with Crippen LogP contribution in [0.2, 0.25) is 0 Å². The highest BCUT2D eigenvalue weighted by Gasteiger charge is 2.41. The van der Waals surface area contributed by atoms with Crippen molar-refractivity contribution < 1.29 is 19.2 Å². The number of nitrogens with one attached hydrogen (secondary N) is 1. The van der Waals surface area contributed by atoms with Gasteiger partial charge in [0.2, 0.25) is 0 Å². The van der Waals surface area contributed by atoms with Crippen molar-refractivity contribution in [1.82, 2.24) is 15.2 Å². The number of rotatable bonds is 7. The molecule has 31 heavy (non-hydrogen) atoms. The third kappa shape index (κ3) is 3.94. The summed E-state index contributed by atoms with van der Waals surface area (Å²) in [6.45, 7) is 0.258. The Hall–Kier alpha value is -3.50. The van der Waals surface area contributed by atoms with Crippen LogP contribution < -0.4 is 10.1 Å². The normalized spacial score (nSPS) is 18.1. The molecule has 1 saturated heterocycles. The largest absolute Gasteiger partial charge is 0.496 e. The molecule has 2 atom stereocenters. The topological polar surface area (TPSA) is 114 Å². The third-order valence-electron chi connectivity index (χ3n) is 5.12. The van der Waals surface area contributed by atoms with Crippen molar-refractivity contribution in [1.29, 1.82) is 0 Å². The van der Waals surface area contributed by atoms with E-state index in [2.05, 4.69) is 10.3 Å². The maximum absolute atomic E-state index is 11.1. The molecule has 1 aliphatic rings. The lowest BCUT2D eigenvalue weighted by Gasteiger charge is -2.25. The molecule has 0 spiro atoms. The molecule has 10 heteroatoms. The summed E-state index contributed by atoms with van der Waals surface area (Å²) in [7, 11) is 1.45. The molecule has 1 aliphatic heterocycles. The van der Waals surface area contributed by atoms with Crippen LogP contribution in [0.1, 0.15) is 23.5 Å². The number of β-amino-alcohol motifs (C(OH)–C–C–N with tert-alkyl or cyclic N) is 1. The van der Waals surface area contributed by atoms with Crippen LogP contribution in [0.3, 0.4) is 0 Å². The lowest BCUT2D eigenvalue weighted by Crippen LogP contribution is -2.32. The van der Waals surface area contributed by atoms with Crippen LogP contribution in [0.15, 0.2) is 59.1 Å². The minimum atomic E-state index is -0.477. The average Bonchev–Trinajstić information content (AvgIpc) is 3.39. The maximum atomic E-state index is 11.1. The number of ether oxygens (including phenoxy) is 1. The van der Waals surface area contributed by atoms with Gasteiger partial charge in [-0.1, -0.05) is 6.07 Å². The summed E-state index contributed by atoms with van der Waals surface area (Å²) in [5.74, 6) is 1.46. The number of hydrogen-bond acceptors (Lipinski definition) is 7. The Morgan fingerprint density at radius 3 is 2.84 bits per heavy atom. The lowest BCUT2D eigenvalue weighted by atomic mass is 10.0. The van der Waals surface area contributed by atoms with E-state index in [9.17, 15) is 15.2 Å². The summed E-state index contributed by atoms with van der Waals surface area (Å²) in [5, 5.41) is 24.4. The van der Waals surface area contributed by atoms with E-state index < -0.39 is 4.92 Å². The highest BCUT2D eigenvalue weighted by atomic mass is 32.1. The van der Waals surface area contributed by atoms with Crippen LogP contribution in [0, 0.1) is 10.1 Å². The number of aliphatic hydroxyl groups excluding tert-OH is 1. The zero-order valence-corrected chi connectivity index (χ0v) is 17.4. The second-order valence-electron chi connectivity index (χ2n) is 6.89. The molecule has 3 aromatic rings. The molecular formula is C21H20N4O5S. The second-order valence-corrected chi connectivity index (χ2v) is 7.27. The summed E-state index contributed by atoms with van der Waals surface area (Å²) in [5.41, 5.74) is 1.32. The van der Waals surface area contributed by atoms with Gasteiger partial charge in [0.05, 0.1) is 42.0 Å². The van der Waals surface area contributed by atoms with Gasteiger partial charge in [0, 0.05) is 18.8 Å². The van der Waals surface area contributed by atoms with Gasteiger partial charge in [0.25, 0.3) is 5.69 Å². The number of hydrogen-bond donors (Lipinski definition) is 2. The lowest BCUT2D eigenvalue weighted by molar-refractivity contribution is -0.384. The molecule has 0 bridgehead atoms. The van der Waals surface area contributed by atoms with Gasteiger partial charge in [-0.15, -0.1) is 0 Å². The van der Waals surface area contributed by atoms with Crippen LogP contribution in [0.4, 0.5) is 5.69 Å². The summed E-state index contributed by atoms with van der Waals surface area (Å²) in [6, 6.07) is 13.0. The summed E-state index contributed by atoms with van der Waals surface area (Å²) < 4.78 is 11.5. The van der Waals surface area contributed by atoms with E-state index in [4.69, 9.17) is 21.4 Å².